The molecule has 0 amide bonds. The van der Waals surface area contributed by atoms with Crippen LogP contribution < -0.4 is 5.32 Å². The van der Waals surface area contributed by atoms with Gasteiger partial charge in [0, 0.05) is 25.1 Å². The van der Waals surface area contributed by atoms with Crippen LogP contribution in [0.1, 0.15) is 60.8 Å². The van der Waals surface area contributed by atoms with Gasteiger partial charge in [0.25, 0.3) is 0 Å². The summed E-state index contributed by atoms with van der Waals surface area (Å²) in [4.78, 5) is 12.3. The fourth-order valence-corrected chi connectivity index (χ4v) is 3.18. The molecule has 9 heteroatoms. The zero-order chi connectivity index (χ0) is 27.6. The van der Waals surface area contributed by atoms with Crippen LogP contribution >= 0.6 is 0 Å². The third-order valence-electron chi connectivity index (χ3n) is 5.61. The van der Waals surface area contributed by atoms with Crippen LogP contribution in [0.3, 0.4) is 0 Å². The second kappa shape index (κ2) is 26.9. The predicted octanol–water partition coefficient (Wildman–Crippen LogP) is 3.52. The summed E-state index contributed by atoms with van der Waals surface area (Å²) in [5, 5.41) is 3.31. The molecule has 37 heavy (non-hydrogen) atoms. The van der Waals surface area contributed by atoms with Gasteiger partial charge in [-0.25, -0.2) is 0 Å². The SMILES string of the molecule is CC(CCOCCOCCOCCNC(C)C)CCC(C)C(=O)COCCOCCOCCOC(C)C. The lowest BCUT2D eigenvalue weighted by Crippen LogP contribution is -2.27. The molecular weight excluding hydrogens is 478 g/mol. The largest absolute Gasteiger partial charge is 0.379 e. The third kappa shape index (κ3) is 28.2. The number of ketones is 1. The first-order valence-electron chi connectivity index (χ1n) is 14.2. The number of hydrogen-bond acceptors (Lipinski definition) is 9. The molecule has 0 saturated carbocycles. The summed E-state index contributed by atoms with van der Waals surface area (Å²) in [6, 6.07) is 0.485. The normalized spacial score (nSPS) is 13.5. The van der Waals surface area contributed by atoms with Gasteiger partial charge in [0.2, 0.25) is 0 Å². The van der Waals surface area contributed by atoms with Gasteiger partial charge < -0.3 is 38.5 Å². The van der Waals surface area contributed by atoms with Crippen LogP contribution in [0.4, 0.5) is 0 Å². The smallest absolute Gasteiger partial charge is 0.161 e. The van der Waals surface area contributed by atoms with Crippen molar-refractivity contribution in [3.8, 4) is 0 Å². The highest BCUT2D eigenvalue weighted by Crippen LogP contribution is 2.16. The summed E-state index contributed by atoms with van der Waals surface area (Å²) >= 11 is 0. The molecule has 2 atom stereocenters. The molecule has 222 valence electrons. The van der Waals surface area contributed by atoms with E-state index in [4.69, 9.17) is 33.2 Å². The van der Waals surface area contributed by atoms with E-state index in [1.807, 2.05) is 20.8 Å². The quantitative estimate of drug-likeness (QED) is 0.144. The second-order valence-corrected chi connectivity index (χ2v) is 9.98. The molecule has 0 aromatic heterocycles. The van der Waals surface area contributed by atoms with E-state index in [9.17, 15) is 4.79 Å². The van der Waals surface area contributed by atoms with Gasteiger partial charge in [-0.3, -0.25) is 4.79 Å². The molecule has 0 bridgehead atoms. The Bertz CT molecular complexity index is 493. The van der Waals surface area contributed by atoms with Crippen LogP contribution in [0, 0.1) is 11.8 Å². The van der Waals surface area contributed by atoms with Gasteiger partial charge in [-0.15, -0.1) is 0 Å². The molecule has 0 saturated heterocycles. The number of Topliss-reactive ketones (excluding diaryl/α,β-unsaturated/α-hetero) is 1. The summed E-state index contributed by atoms with van der Waals surface area (Å²) in [7, 11) is 0. The van der Waals surface area contributed by atoms with Crippen molar-refractivity contribution in [3.63, 3.8) is 0 Å². The third-order valence-corrected chi connectivity index (χ3v) is 5.61. The maximum absolute atomic E-state index is 12.3. The van der Waals surface area contributed by atoms with Gasteiger partial charge in [-0.1, -0.05) is 27.7 Å². The van der Waals surface area contributed by atoms with Crippen molar-refractivity contribution < 1.29 is 38.0 Å². The number of carbonyl (C=O) groups is 1. The van der Waals surface area contributed by atoms with Crippen LogP contribution in [-0.4, -0.2) is 110 Å². The Morgan fingerprint density at radius 2 is 1.05 bits per heavy atom. The van der Waals surface area contributed by atoms with Crippen molar-refractivity contribution >= 4 is 5.78 Å². The van der Waals surface area contributed by atoms with Crippen LogP contribution in [-0.2, 0) is 38.0 Å². The van der Waals surface area contributed by atoms with Crippen LogP contribution in [0.25, 0.3) is 0 Å². The Morgan fingerprint density at radius 3 is 1.59 bits per heavy atom. The lowest BCUT2D eigenvalue weighted by Gasteiger charge is -2.15. The number of hydrogen-bond donors (Lipinski definition) is 1. The van der Waals surface area contributed by atoms with Crippen LogP contribution in [0.15, 0.2) is 0 Å². The molecule has 1 N–H and O–H groups in total. The van der Waals surface area contributed by atoms with Crippen molar-refractivity contribution in [1.82, 2.24) is 5.32 Å². The Hall–Kier alpha value is -0.650. The zero-order valence-corrected chi connectivity index (χ0v) is 24.6. The topological polar surface area (TPSA) is 93.7 Å². The standard InChI is InChI=1S/C28H57NO8/c1-24(2)29-10-12-32-14-16-33-15-13-31-11-9-26(5)7-8-27(6)28(30)23-36-20-19-34-17-18-35-21-22-37-25(3)4/h24-27,29H,7-23H2,1-6H3. The Balaban J connectivity index is 3.44. The highest BCUT2D eigenvalue weighted by Gasteiger charge is 2.14. The predicted molar refractivity (Wildman–Crippen MR) is 146 cm³/mol. The summed E-state index contributed by atoms with van der Waals surface area (Å²) in [6.45, 7) is 20.3. The van der Waals surface area contributed by atoms with E-state index < -0.39 is 0 Å². The van der Waals surface area contributed by atoms with Gasteiger partial charge in [0.15, 0.2) is 5.78 Å². The molecule has 2 unspecified atom stereocenters. The number of ether oxygens (including phenoxy) is 7. The average molecular weight is 536 g/mol. The van der Waals surface area contributed by atoms with Gasteiger partial charge in [-0.2, -0.15) is 0 Å². The van der Waals surface area contributed by atoms with Gasteiger partial charge in [-0.05, 0) is 39.0 Å². The van der Waals surface area contributed by atoms with E-state index in [2.05, 4.69) is 26.1 Å². The second-order valence-electron chi connectivity index (χ2n) is 9.98. The summed E-state index contributed by atoms with van der Waals surface area (Å²) in [5.41, 5.74) is 0. The molecule has 0 radical (unpaired) electrons. The highest BCUT2D eigenvalue weighted by atomic mass is 16.6. The molecule has 0 fully saturated rings. The summed E-state index contributed by atoms with van der Waals surface area (Å²) in [5.74, 6) is 0.661. The first-order valence-corrected chi connectivity index (χ1v) is 14.2. The van der Waals surface area contributed by atoms with E-state index >= 15 is 0 Å². The van der Waals surface area contributed by atoms with E-state index in [0.717, 1.165) is 25.8 Å². The van der Waals surface area contributed by atoms with Crippen molar-refractivity contribution in [2.75, 3.05) is 92.4 Å². The Morgan fingerprint density at radius 1 is 0.568 bits per heavy atom. The van der Waals surface area contributed by atoms with Crippen molar-refractivity contribution in [2.24, 2.45) is 11.8 Å². The summed E-state index contributed by atoms with van der Waals surface area (Å²) < 4.78 is 38.4. The maximum atomic E-state index is 12.3. The molecule has 0 heterocycles. The Labute approximate surface area is 226 Å². The number of carbonyl (C=O) groups excluding carboxylic acids is 1. The first kappa shape index (κ1) is 36.4. The highest BCUT2D eigenvalue weighted by molar-refractivity contribution is 5.81. The first-order chi connectivity index (χ1) is 17.8. The maximum Gasteiger partial charge on any atom is 0.161 e. The minimum absolute atomic E-state index is 0.00233. The number of nitrogens with one attached hydrogen (secondary N) is 1. The lowest BCUT2D eigenvalue weighted by molar-refractivity contribution is -0.127. The Kier molecular flexibility index (Phi) is 26.5. The van der Waals surface area contributed by atoms with Crippen molar-refractivity contribution in [1.29, 1.82) is 0 Å². The van der Waals surface area contributed by atoms with Crippen molar-refractivity contribution in [3.05, 3.63) is 0 Å². The van der Waals surface area contributed by atoms with Gasteiger partial charge in [0.1, 0.15) is 6.61 Å². The van der Waals surface area contributed by atoms with Gasteiger partial charge >= 0.3 is 0 Å². The zero-order valence-electron chi connectivity index (χ0n) is 24.6. The molecule has 0 aliphatic rings. The van der Waals surface area contributed by atoms with E-state index in [1.165, 1.54) is 0 Å². The molecule has 0 aromatic carbocycles. The fourth-order valence-electron chi connectivity index (χ4n) is 3.18. The minimum Gasteiger partial charge on any atom is -0.379 e. The average Bonchev–Trinajstić information content (AvgIpc) is 2.85. The molecule has 0 aliphatic carbocycles. The van der Waals surface area contributed by atoms with Crippen LogP contribution in [0.2, 0.25) is 0 Å². The fraction of sp³-hybridized carbons (Fsp3) is 0.964. The van der Waals surface area contributed by atoms with Gasteiger partial charge in [0.05, 0.1) is 78.8 Å². The lowest BCUT2D eigenvalue weighted by atomic mass is 9.94. The van der Waals surface area contributed by atoms with E-state index in [0.29, 0.717) is 91.2 Å². The number of rotatable bonds is 29. The van der Waals surface area contributed by atoms with Crippen LogP contribution in [0.5, 0.6) is 0 Å². The molecule has 0 rings (SSSR count). The molecular formula is C28H57NO8. The summed E-state index contributed by atoms with van der Waals surface area (Å²) in [6.07, 6.45) is 3.07. The molecule has 0 aliphatic heterocycles. The molecule has 9 nitrogen and oxygen atoms in total. The molecule has 0 spiro atoms. The van der Waals surface area contributed by atoms with Crippen molar-refractivity contribution in [2.45, 2.75) is 73.0 Å². The molecule has 0 aromatic rings. The van der Waals surface area contributed by atoms with E-state index in [1.54, 1.807) is 0 Å². The minimum atomic E-state index is 0.00233. The monoisotopic (exact) mass is 535 g/mol. The van der Waals surface area contributed by atoms with E-state index in [-0.39, 0.29) is 24.4 Å².